The van der Waals surface area contributed by atoms with E-state index in [4.69, 9.17) is 0 Å². The lowest BCUT2D eigenvalue weighted by Gasteiger charge is -2.13. The second kappa shape index (κ2) is 8.22. The van der Waals surface area contributed by atoms with Gasteiger partial charge in [-0.05, 0) is 44.0 Å². The Morgan fingerprint density at radius 2 is 1.81 bits per heavy atom. The Balaban J connectivity index is 1.60. The molecule has 6 heteroatoms. The predicted molar refractivity (Wildman–Crippen MR) is 125 cm³/mol. The second-order valence-corrected chi connectivity index (χ2v) is 8.07. The molecular formula is C25H27N5O. The third-order valence-electron chi connectivity index (χ3n) is 5.52. The Morgan fingerprint density at radius 3 is 2.48 bits per heavy atom. The van der Waals surface area contributed by atoms with Gasteiger partial charge in [0.2, 0.25) is 0 Å². The van der Waals surface area contributed by atoms with Crippen LogP contribution in [0.5, 0.6) is 0 Å². The predicted octanol–water partition coefficient (Wildman–Crippen LogP) is 4.32. The highest BCUT2D eigenvalue weighted by molar-refractivity contribution is 5.95. The first-order valence-electron chi connectivity index (χ1n) is 10.3. The van der Waals surface area contributed by atoms with Gasteiger partial charge in [-0.15, -0.1) is 0 Å². The number of aryl methyl sites for hydroxylation is 3. The molecule has 31 heavy (non-hydrogen) atoms. The summed E-state index contributed by atoms with van der Waals surface area (Å²) in [6, 6.07) is 16.4. The van der Waals surface area contributed by atoms with E-state index in [0.29, 0.717) is 12.1 Å². The minimum Gasteiger partial charge on any atom is -0.378 e. The van der Waals surface area contributed by atoms with Crippen LogP contribution in [-0.4, -0.2) is 34.6 Å². The monoisotopic (exact) mass is 413 g/mol. The molecule has 0 aliphatic rings. The van der Waals surface area contributed by atoms with E-state index >= 15 is 0 Å². The Bertz CT molecular complexity index is 1260. The van der Waals surface area contributed by atoms with Crippen LogP contribution in [0.3, 0.4) is 0 Å². The summed E-state index contributed by atoms with van der Waals surface area (Å²) in [7, 11) is 4.01. The molecular weight excluding hydrogens is 386 g/mol. The average Bonchev–Trinajstić information content (AvgIpc) is 3.09. The van der Waals surface area contributed by atoms with Gasteiger partial charge in [-0.3, -0.25) is 4.79 Å². The number of nitrogens with zero attached hydrogens (tertiary/aromatic N) is 4. The zero-order chi connectivity index (χ0) is 22.1. The van der Waals surface area contributed by atoms with Crippen LogP contribution >= 0.6 is 0 Å². The second-order valence-electron chi connectivity index (χ2n) is 8.07. The minimum absolute atomic E-state index is 0.158. The number of rotatable bonds is 5. The van der Waals surface area contributed by atoms with Crippen LogP contribution < -0.4 is 10.2 Å². The molecule has 0 saturated heterocycles. The van der Waals surface area contributed by atoms with E-state index in [1.807, 2.05) is 63.2 Å². The first-order chi connectivity index (χ1) is 14.8. The molecule has 158 valence electrons. The number of carbonyl (C=O) groups is 1. The highest BCUT2D eigenvalue weighted by Gasteiger charge is 2.18. The number of hydrogen-bond acceptors (Lipinski definition) is 4. The topological polar surface area (TPSA) is 62.5 Å². The molecule has 0 unspecified atom stereocenters. The van der Waals surface area contributed by atoms with Crippen LogP contribution in [0, 0.1) is 20.8 Å². The molecule has 1 amide bonds. The van der Waals surface area contributed by atoms with Gasteiger partial charge in [0.1, 0.15) is 0 Å². The molecule has 0 saturated carbocycles. The fourth-order valence-electron chi connectivity index (χ4n) is 3.75. The van der Waals surface area contributed by atoms with Crippen molar-refractivity contribution >= 4 is 17.2 Å². The summed E-state index contributed by atoms with van der Waals surface area (Å²) in [6.07, 6.45) is 1.65. The van der Waals surface area contributed by atoms with E-state index in [1.54, 1.807) is 10.7 Å². The third-order valence-corrected chi connectivity index (χ3v) is 5.52. The van der Waals surface area contributed by atoms with E-state index in [0.717, 1.165) is 39.4 Å². The Labute approximate surface area is 182 Å². The number of fused-ring (bicyclic) bond motifs is 1. The number of carbonyl (C=O) groups excluding carboxylic acids is 1. The lowest BCUT2D eigenvalue weighted by atomic mass is 10.0. The third kappa shape index (κ3) is 4.01. The quantitative estimate of drug-likeness (QED) is 0.529. The van der Waals surface area contributed by atoms with Crippen molar-refractivity contribution in [2.75, 3.05) is 19.0 Å². The largest absolute Gasteiger partial charge is 0.378 e. The average molecular weight is 414 g/mol. The number of benzene rings is 2. The summed E-state index contributed by atoms with van der Waals surface area (Å²) in [4.78, 5) is 19.5. The van der Waals surface area contributed by atoms with E-state index in [-0.39, 0.29) is 5.91 Å². The van der Waals surface area contributed by atoms with Crippen LogP contribution in [0.2, 0.25) is 0 Å². The molecule has 0 radical (unpaired) electrons. The van der Waals surface area contributed by atoms with Crippen molar-refractivity contribution in [3.8, 4) is 11.1 Å². The molecule has 4 aromatic rings. The van der Waals surface area contributed by atoms with E-state index in [2.05, 4.69) is 40.5 Å². The van der Waals surface area contributed by atoms with Gasteiger partial charge >= 0.3 is 0 Å². The number of nitrogens with one attached hydrogen (secondary N) is 1. The van der Waals surface area contributed by atoms with Crippen molar-refractivity contribution in [3.63, 3.8) is 0 Å². The lowest BCUT2D eigenvalue weighted by molar-refractivity contribution is 0.0949. The van der Waals surface area contributed by atoms with Crippen molar-refractivity contribution in [1.29, 1.82) is 0 Å². The van der Waals surface area contributed by atoms with Crippen molar-refractivity contribution in [3.05, 3.63) is 82.8 Å². The fraction of sp³-hybridized carbons (Fsp3) is 0.240. The van der Waals surface area contributed by atoms with E-state index < -0.39 is 0 Å². The van der Waals surface area contributed by atoms with Gasteiger partial charge in [-0.2, -0.15) is 5.10 Å². The standard InChI is InChI=1S/C25H27N5O/c1-16-7-6-8-20(13-16)23-17(2)28-30-18(3)22(15-26-24(23)30)25(31)27-14-19-9-11-21(12-10-19)29(4)5/h6-13,15H,14H2,1-5H3,(H,27,31). The smallest absolute Gasteiger partial charge is 0.254 e. The molecule has 2 aromatic heterocycles. The number of hydrogen-bond donors (Lipinski definition) is 1. The SMILES string of the molecule is Cc1cccc(-c2c(C)nn3c(C)c(C(=O)NCc4ccc(N(C)C)cc4)cnc23)c1. The van der Waals surface area contributed by atoms with Crippen molar-refractivity contribution in [1.82, 2.24) is 19.9 Å². The van der Waals surface area contributed by atoms with Crippen LogP contribution in [0.4, 0.5) is 5.69 Å². The van der Waals surface area contributed by atoms with Crippen LogP contribution in [0.1, 0.15) is 32.9 Å². The van der Waals surface area contributed by atoms with Gasteiger partial charge in [0.05, 0.1) is 17.0 Å². The zero-order valence-corrected chi connectivity index (χ0v) is 18.6. The van der Waals surface area contributed by atoms with Gasteiger partial charge in [-0.1, -0.05) is 42.0 Å². The Kier molecular flexibility index (Phi) is 5.46. The summed E-state index contributed by atoms with van der Waals surface area (Å²) in [6.45, 7) is 6.40. The van der Waals surface area contributed by atoms with Crippen LogP contribution in [0.25, 0.3) is 16.8 Å². The molecule has 0 atom stereocenters. The van der Waals surface area contributed by atoms with Gasteiger partial charge in [0.25, 0.3) is 5.91 Å². The molecule has 1 N–H and O–H groups in total. The van der Waals surface area contributed by atoms with Crippen LogP contribution in [-0.2, 0) is 6.54 Å². The summed E-state index contributed by atoms with van der Waals surface area (Å²) in [5, 5.41) is 7.67. The number of amides is 1. The van der Waals surface area contributed by atoms with E-state index in [9.17, 15) is 4.79 Å². The number of aromatic nitrogens is 3. The maximum Gasteiger partial charge on any atom is 0.254 e. The Morgan fingerprint density at radius 1 is 1.06 bits per heavy atom. The first kappa shape index (κ1) is 20.6. The summed E-state index contributed by atoms with van der Waals surface area (Å²) < 4.78 is 1.77. The maximum absolute atomic E-state index is 12.9. The van der Waals surface area contributed by atoms with Gasteiger partial charge in [0.15, 0.2) is 5.65 Å². The van der Waals surface area contributed by atoms with Gasteiger partial charge in [-0.25, -0.2) is 9.50 Å². The molecule has 0 aliphatic carbocycles. The lowest BCUT2D eigenvalue weighted by Crippen LogP contribution is -2.24. The maximum atomic E-state index is 12.9. The van der Waals surface area contributed by atoms with Crippen LogP contribution in [0.15, 0.2) is 54.7 Å². The normalized spacial score (nSPS) is 11.0. The summed E-state index contributed by atoms with van der Waals surface area (Å²) in [5.74, 6) is -0.158. The first-order valence-corrected chi connectivity index (χ1v) is 10.3. The van der Waals surface area contributed by atoms with Crippen molar-refractivity contribution in [2.24, 2.45) is 0 Å². The zero-order valence-electron chi connectivity index (χ0n) is 18.6. The van der Waals surface area contributed by atoms with Gasteiger partial charge in [0, 0.05) is 38.1 Å². The van der Waals surface area contributed by atoms with Crippen molar-refractivity contribution < 1.29 is 4.79 Å². The molecule has 0 aliphatic heterocycles. The molecule has 0 fully saturated rings. The number of anilines is 1. The molecule has 0 bridgehead atoms. The fourth-order valence-corrected chi connectivity index (χ4v) is 3.75. The molecule has 2 aromatic carbocycles. The molecule has 0 spiro atoms. The molecule has 4 rings (SSSR count). The Hall–Kier alpha value is -3.67. The molecule has 6 nitrogen and oxygen atoms in total. The highest BCUT2D eigenvalue weighted by atomic mass is 16.1. The van der Waals surface area contributed by atoms with E-state index in [1.165, 1.54) is 5.56 Å². The highest BCUT2D eigenvalue weighted by Crippen LogP contribution is 2.28. The molecule has 2 heterocycles. The summed E-state index contributed by atoms with van der Waals surface area (Å²) in [5.41, 5.74) is 8.38. The summed E-state index contributed by atoms with van der Waals surface area (Å²) >= 11 is 0. The van der Waals surface area contributed by atoms with Gasteiger partial charge < -0.3 is 10.2 Å². The minimum atomic E-state index is -0.158. The van der Waals surface area contributed by atoms with Crippen molar-refractivity contribution in [2.45, 2.75) is 27.3 Å².